The summed E-state index contributed by atoms with van der Waals surface area (Å²) in [5, 5.41) is 3.41. The SMILES string of the molecule is O=C([C@@H]1CCCCN1)N1C[C@@H]2C[C@H](C1)c1ccc(CN3CCCCC3)c(=O)n1C2. The standard InChI is InChI=1S/C23H34N4O2/c28-22-18(15-25-10-4-1-5-11-25)7-8-21-19-12-17(14-27(21)22)13-26(16-19)23(29)20-6-2-3-9-24-20/h7-8,17,19-20,24H,1-6,9-16H2/t17-,19+,20-/m0/s1. The van der Waals surface area contributed by atoms with Crippen molar-refractivity contribution in [2.24, 2.45) is 5.92 Å². The molecule has 4 aliphatic rings. The maximum absolute atomic E-state index is 13.2. The fourth-order valence-corrected chi connectivity index (χ4v) is 5.93. The Labute approximate surface area is 173 Å². The quantitative estimate of drug-likeness (QED) is 0.845. The highest BCUT2D eigenvalue weighted by molar-refractivity contribution is 5.82. The van der Waals surface area contributed by atoms with E-state index in [1.165, 1.54) is 25.7 Å². The lowest BCUT2D eigenvalue weighted by Gasteiger charge is -2.44. The number of aromatic nitrogens is 1. The van der Waals surface area contributed by atoms with E-state index in [0.29, 0.717) is 11.8 Å². The first-order valence-electron chi connectivity index (χ1n) is 11.7. The van der Waals surface area contributed by atoms with Crippen LogP contribution in [0.4, 0.5) is 0 Å². The lowest BCUT2D eigenvalue weighted by Crippen LogP contribution is -2.55. The molecule has 0 unspecified atom stereocenters. The molecule has 3 saturated heterocycles. The molecule has 0 radical (unpaired) electrons. The number of nitrogens with one attached hydrogen (secondary N) is 1. The van der Waals surface area contributed by atoms with Crippen LogP contribution in [0.25, 0.3) is 0 Å². The van der Waals surface area contributed by atoms with Gasteiger partial charge in [0.2, 0.25) is 5.91 Å². The number of fused-ring (bicyclic) bond motifs is 4. The van der Waals surface area contributed by atoms with Gasteiger partial charge in [-0.05, 0) is 63.7 Å². The van der Waals surface area contributed by atoms with E-state index in [9.17, 15) is 9.59 Å². The van der Waals surface area contributed by atoms with Crippen LogP contribution in [0.5, 0.6) is 0 Å². The average Bonchev–Trinajstić information content (AvgIpc) is 2.77. The van der Waals surface area contributed by atoms with Crippen molar-refractivity contribution in [3.8, 4) is 0 Å². The van der Waals surface area contributed by atoms with E-state index in [2.05, 4.69) is 27.2 Å². The molecule has 2 bridgehead atoms. The first kappa shape index (κ1) is 19.3. The van der Waals surface area contributed by atoms with Gasteiger partial charge in [-0.25, -0.2) is 0 Å². The number of nitrogens with zero attached hydrogens (tertiary/aromatic N) is 3. The average molecular weight is 399 g/mol. The van der Waals surface area contributed by atoms with E-state index in [0.717, 1.165) is 76.3 Å². The highest BCUT2D eigenvalue weighted by Crippen LogP contribution is 2.35. The summed E-state index contributed by atoms with van der Waals surface area (Å²) < 4.78 is 2.04. The van der Waals surface area contributed by atoms with Crippen LogP contribution in [0.15, 0.2) is 16.9 Å². The van der Waals surface area contributed by atoms with Gasteiger partial charge in [-0.1, -0.05) is 18.9 Å². The molecule has 0 aliphatic carbocycles. The summed E-state index contributed by atoms with van der Waals surface area (Å²) in [6, 6.07) is 4.23. The van der Waals surface area contributed by atoms with Gasteiger partial charge in [0, 0.05) is 43.4 Å². The summed E-state index contributed by atoms with van der Waals surface area (Å²) in [5.41, 5.74) is 2.29. The van der Waals surface area contributed by atoms with Crippen LogP contribution in [-0.2, 0) is 17.9 Å². The maximum Gasteiger partial charge on any atom is 0.255 e. The van der Waals surface area contributed by atoms with Gasteiger partial charge in [0.05, 0.1) is 6.04 Å². The Bertz CT molecular complexity index is 808. The molecule has 0 saturated carbocycles. The molecule has 0 aromatic carbocycles. The zero-order valence-corrected chi connectivity index (χ0v) is 17.4. The number of hydrogen-bond acceptors (Lipinski definition) is 4. The van der Waals surface area contributed by atoms with Crippen LogP contribution in [0.2, 0.25) is 0 Å². The van der Waals surface area contributed by atoms with Gasteiger partial charge in [0.25, 0.3) is 5.56 Å². The first-order chi connectivity index (χ1) is 14.2. The lowest BCUT2D eigenvalue weighted by molar-refractivity contribution is -0.136. The van der Waals surface area contributed by atoms with Gasteiger partial charge in [-0.2, -0.15) is 0 Å². The fourth-order valence-electron chi connectivity index (χ4n) is 5.93. The second kappa shape index (κ2) is 8.23. The number of likely N-dealkylation sites (tertiary alicyclic amines) is 2. The highest BCUT2D eigenvalue weighted by atomic mass is 16.2. The van der Waals surface area contributed by atoms with Crippen LogP contribution < -0.4 is 10.9 Å². The van der Waals surface area contributed by atoms with Gasteiger partial charge in [0.1, 0.15) is 0 Å². The molecule has 1 amide bonds. The van der Waals surface area contributed by atoms with E-state index >= 15 is 0 Å². The molecule has 0 spiro atoms. The summed E-state index contributed by atoms with van der Waals surface area (Å²) in [6.07, 6.45) is 8.18. The summed E-state index contributed by atoms with van der Waals surface area (Å²) in [7, 11) is 0. The molecule has 3 fully saturated rings. The third-order valence-electron chi connectivity index (χ3n) is 7.45. The van der Waals surface area contributed by atoms with Crippen LogP contribution >= 0.6 is 0 Å². The van der Waals surface area contributed by atoms with Crippen molar-refractivity contribution in [2.45, 2.75) is 70.0 Å². The number of hydrogen-bond donors (Lipinski definition) is 1. The zero-order chi connectivity index (χ0) is 19.8. The van der Waals surface area contributed by atoms with Crippen molar-refractivity contribution in [3.63, 3.8) is 0 Å². The van der Waals surface area contributed by atoms with Crippen LogP contribution in [0, 0.1) is 5.92 Å². The molecule has 6 nitrogen and oxygen atoms in total. The van der Waals surface area contributed by atoms with Crippen molar-refractivity contribution in [3.05, 3.63) is 33.7 Å². The molecule has 6 heteroatoms. The van der Waals surface area contributed by atoms with E-state index in [4.69, 9.17) is 0 Å². The van der Waals surface area contributed by atoms with Crippen molar-refractivity contribution >= 4 is 5.91 Å². The molecule has 5 heterocycles. The van der Waals surface area contributed by atoms with Gasteiger partial charge in [-0.15, -0.1) is 0 Å². The maximum atomic E-state index is 13.2. The number of carbonyl (C=O) groups is 1. The molecule has 29 heavy (non-hydrogen) atoms. The highest BCUT2D eigenvalue weighted by Gasteiger charge is 2.38. The number of rotatable bonds is 3. The molecule has 3 atom stereocenters. The Hall–Kier alpha value is -1.66. The predicted molar refractivity (Wildman–Crippen MR) is 113 cm³/mol. The summed E-state index contributed by atoms with van der Waals surface area (Å²) in [6.45, 7) is 6.29. The molecule has 1 aromatic rings. The van der Waals surface area contributed by atoms with E-state index in [1.807, 2.05) is 4.57 Å². The number of carbonyl (C=O) groups excluding carboxylic acids is 1. The topological polar surface area (TPSA) is 57.6 Å². The Morgan fingerprint density at radius 2 is 1.90 bits per heavy atom. The second-order valence-corrected chi connectivity index (χ2v) is 9.58. The third kappa shape index (κ3) is 3.89. The Morgan fingerprint density at radius 3 is 2.69 bits per heavy atom. The van der Waals surface area contributed by atoms with Crippen LogP contribution in [0.3, 0.4) is 0 Å². The molecule has 1 N–H and O–H groups in total. The fraction of sp³-hybridized carbons (Fsp3) is 0.739. The van der Waals surface area contributed by atoms with Crippen LogP contribution in [-0.4, -0.2) is 59.0 Å². The van der Waals surface area contributed by atoms with Gasteiger partial charge >= 0.3 is 0 Å². The molecular weight excluding hydrogens is 364 g/mol. The van der Waals surface area contributed by atoms with Gasteiger partial charge in [-0.3, -0.25) is 14.5 Å². The number of amides is 1. The second-order valence-electron chi connectivity index (χ2n) is 9.58. The minimum atomic E-state index is -0.00307. The summed E-state index contributed by atoms with van der Waals surface area (Å²) >= 11 is 0. The smallest absolute Gasteiger partial charge is 0.255 e. The zero-order valence-electron chi connectivity index (χ0n) is 17.4. The normalized spacial score (nSPS) is 30.1. The summed E-state index contributed by atoms with van der Waals surface area (Å²) in [4.78, 5) is 30.8. The largest absolute Gasteiger partial charge is 0.340 e. The predicted octanol–water partition coefficient (Wildman–Crippen LogP) is 1.92. The van der Waals surface area contributed by atoms with Crippen LogP contribution in [0.1, 0.15) is 62.1 Å². The Morgan fingerprint density at radius 1 is 1.03 bits per heavy atom. The monoisotopic (exact) mass is 398 g/mol. The van der Waals surface area contributed by atoms with Crippen molar-refractivity contribution in [1.29, 1.82) is 0 Å². The van der Waals surface area contributed by atoms with Gasteiger partial charge < -0.3 is 14.8 Å². The van der Waals surface area contributed by atoms with Crippen molar-refractivity contribution < 1.29 is 4.79 Å². The summed E-state index contributed by atoms with van der Waals surface area (Å²) in [5.74, 6) is 0.973. The van der Waals surface area contributed by atoms with E-state index in [-0.39, 0.29) is 17.5 Å². The minimum absolute atomic E-state index is 0.00307. The number of pyridine rings is 1. The first-order valence-corrected chi connectivity index (χ1v) is 11.7. The molecule has 4 aliphatic heterocycles. The van der Waals surface area contributed by atoms with Gasteiger partial charge in [0.15, 0.2) is 0 Å². The third-order valence-corrected chi connectivity index (χ3v) is 7.45. The lowest BCUT2D eigenvalue weighted by atomic mass is 9.82. The molecule has 1 aromatic heterocycles. The number of piperidine rings is 3. The van der Waals surface area contributed by atoms with Crippen molar-refractivity contribution in [2.75, 3.05) is 32.7 Å². The van der Waals surface area contributed by atoms with Crippen molar-refractivity contribution in [1.82, 2.24) is 19.7 Å². The molecular formula is C23H34N4O2. The Balaban J connectivity index is 1.33. The minimum Gasteiger partial charge on any atom is -0.340 e. The molecule has 5 rings (SSSR count). The van der Waals surface area contributed by atoms with E-state index in [1.54, 1.807) is 0 Å². The van der Waals surface area contributed by atoms with E-state index < -0.39 is 0 Å². The molecule has 158 valence electrons. The Kier molecular flexibility index (Phi) is 5.48.